The summed E-state index contributed by atoms with van der Waals surface area (Å²) in [5.74, 6) is 0. The van der Waals surface area contributed by atoms with Crippen LogP contribution in [0.5, 0.6) is 0 Å². The molecule has 0 aromatic carbocycles. The summed E-state index contributed by atoms with van der Waals surface area (Å²) < 4.78 is 4.63. The Hall–Kier alpha value is 0.527. The second-order valence-corrected chi connectivity index (χ2v) is 9.78. The van der Waals surface area contributed by atoms with E-state index in [1.807, 2.05) is 0 Å². The van der Waals surface area contributed by atoms with Gasteiger partial charge in [-0.05, 0) is 6.04 Å². The van der Waals surface area contributed by atoms with Crippen molar-refractivity contribution in [3.05, 3.63) is 0 Å². The first-order chi connectivity index (χ1) is 4.42. The Morgan fingerprint density at radius 1 is 1.30 bits per heavy atom. The van der Waals surface area contributed by atoms with Crippen molar-refractivity contribution < 1.29 is 14.3 Å². The molecule has 10 heavy (non-hydrogen) atoms. The Morgan fingerprint density at radius 3 is 2.10 bits per heavy atom. The van der Waals surface area contributed by atoms with Gasteiger partial charge in [-0.2, -0.15) is 0 Å². The summed E-state index contributed by atoms with van der Waals surface area (Å²) in [6.45, 7) is 7.13. The van der Waals surface area contributed by atoms with Crippen molar-refractivity contribution in [2.45, 2.75) is 25.7 Å². The van der Waals surface area contributed by atoms with Crippen molar-refractivity contribution in [1.29, 1.82) is 0 Å². The van der Waals surface area contributed by atoms with E-state index < -0.39 is 16.7 Å². The van der Waals surface area contributed by atoms with Crippen molar-refractivity contribution in [1.82, 2.24) is 0 Å². The van der Waals surface area contributed by atoms with Crippen molar-refractivity contribution in [3.8, 4) is 0 Å². The van der Waals surface area contributed by atoms with E-state index in [-0.39, 0.29) is 0 Å². The molecule has 0 fully saturated rings. The van der Waals surface area contributed by atoms with Gasteiger partial charge in [-0.1, -0.05) is 19.6 Å². The maximum atomic E-state index is 8.36. The predicted molar refractivity (Wildman–Crippen MR) is 45.5 cm³/mol. The Morgan fingerprint density at radius 2 is 1.80 bits per heavy atom. The average Bonchev–Trinajstić information content (AvgIpc) is 1.59. The van der Waals surface area contributed by atoms with Crippen molar-refractivity contribution in [2.24, 2.45) is 0 Å². The van der Waals surface area contributed by atoms with Crippen LogP contribution < -0.4 is 0 Å². The zero-order chi connectivity index (χ0) is 8.20. The topological polar surface area (TPSA) is 49.7 Å². The molecule has 3 nitrogen and oxygen atoms in total. The SMILES string of the molecule is C[Si](C)(C)CCOP(O)O. The van der Waals surface area contributed by atoms with Gasteiger partial charge in [-0.15, -0.1) is 0 Å². The highest BCUT2D eigenvalue weighted by Gasteiger charge is 2.13. The molecule has 0 radical (unpaired) electrons. The van der Waals surface area contributed by atoms with E-state index in [1.165, 1.54) is 0 Å². The van der Waals surface area contributed by atoms with Crippen LogP contribution in [0.25, 0.3) is 0 Å². The Bertz CT molecular complexity index is 91.4. The molecule has 0 aromatic heterocycles. The van der Waals surface area contributed by atoms with Gasteiger partial charge in [0.15, 0.2) is 0 Å². The standard InChI is InChI=1S/C5H15O3PSi/c1-10(2,3)5-4-8-9(6)7/h6-7H,4-5H2,1-3H3. The molecule has 62 valence electrons. The largest absolute Gasteiger partial charge is 0.328 e. The van der Waals surface area contributed by atoms with E-state index in [2.05, 4.69) is 24.2 Å². The zero-order valence-electron chi connectivity index (χ0n) is 6.66. The first-order valence-electron chi connectivity index (χ1n) is 3.22. The minimum absolute atomic E-state index is 0.481. The van der Waals surface area contributed by atoms with Crippen LogP contribution in [-0.4, -0.2) is 24.5 Å². The number of hydrogen-bond acceptors (Lipinski definition) is 3. The molecule has 0 aliphatic heterocycles. The molecule has 0 aliphatic carbocycles. The first-order valence-corrected chi connectivity index (χ1v) is 8.10. The van der Waals surface area contributed by atoms with E-state index in [0.29, 0.717) is 6.61 Å². The van der Waals surface area contributed by atoms with Crippen LogP contribution in [-0.2, 0) is 4.52 Å². The van der Waals surface area contributed by atoms with E-state index in [9.17, 15) is 0 Å². The lowest BCUT2D eigenvalue weighted by molar-refractivity contribution is 0.268. The van der Waals surface area contributed by atoms with Crippen LogP contribution in [0.3, 0.4) is 0 Å². The molecular formula is C5H15O3PSi. The van der Waals surface area contributed by atoms with Crippen molar-refractivity contribution in [2.75, 3.05) is 6.61 Å². The maximum Gasteiger partial charge on any atom is 0.327 e. The Kier molecular flexibility index (Phi) is 4.65. The molecule has 0 bridgehead atoms. The van der Waals surface area contributed by atoms with Crippen LogP contribution in [0.15, 0.2) is 0 Å². The van der Waals surface area contributed by atoms with Crippen molar-refractivity contribution >= 4 is 16.7 Å². The first kappa shape index (κ1) is 10.5. The molecule has 0 heterocycles. The molecule has 0 amide bonds. The van der Waals surface area contributed by atoms with E-state index in [4.69, 9.17) is 9.79 Å². The molecule has 5 heteroatoms. The van der Waals surface area contributed by atoms with Gasteiger partial charge in [0.05, 0.1) is 6.61 Å². The summed E-state index contributed by atoms with van der Waals surface area (Å²) in [5.41, 5.74) is 0. The second kappa shape index (κ2) is 4.41. The third-order valence-electron chi connectivity index (χ3n) is 1.06. The lowest BCUT2D eigenvalue weighted by Gasteiger charge is -2.14. The van der Waals surface area contributed by atoms with Crippen LogP contribution in [0.1, 0.15) is 0 Å². The molecule has 0 saturated carbocycles. The predicted octanol–water partition coefficient (Wildman–Crippen LogP) is 1.55. The molecule has 0 spiro atoms. The van der Waals surface area contributed by atoms with Crippen LogP contribution in [0, 0.1) is 0 Å². The highest BCUT2D eigenvalue weighted by molar-refractivity contribution is 7.39. The highest BCUT2D eigenvalue weighted by atomic mass is 31.2. The third-order valence-corrected chi connectivity index (χ3v) is 3.18. The Labute approximate surface area is 64.0 Å². The summed E-state index contributed by atoms with van der Waals surface area (Å²) in [4.78, 5) is 16.7. The van der Waals surface area contributed by atoms with Gasteiger partial charge in [-0.25, -0.2) is 0 Å². The smallest absolute Gasteiger partial charge is 0.327 e. The van der Waals surface area contributed by atoms with Gasteiger partial charge in [0.25, 0.3) is 0 Å². The van der Waals surface area contributed by atoms with Gasteiger partial charge < -0.3 is 14.3 Å². The van der Waals surface area contributed by atoms with Crippen LogP contribution in [0.2, 0.25) is 25.7 Å². The number of hydrogen-bond donors (Lipinski definition) is 2. The van der Waals surface area contributed by atoms with E-state index in [0.717, 1.165) is 6.04 Å². The van der Waals surface area contributed by atoms with Gasteiger partial charge in [0.2, 0.25) is 0 Å². The number of rotatable bonds is 4. The molecule has 0 unspecified atom stereocenters. The lowest BCUT2D eigenvalue weighted by Crippen LogP contribution is -2.21. The van der Waals surface area contributed by atoms with Crippen molar-refractivity contribution in [3.63, 3.8) is 0 Å². The quantitative estimate of drug-likeness (QED) is 0.512. The van der Waals surface area contributed by atoms with E-state index in [1.54, 1.807) is 0 Å². The summed E-state index contributed by atoms with van der Waals surface area (Å²) in [6.07, 6.45) is 0. The molecule has 0 atom stereocenters. The normalized spacial score (nSPS) is 12.6. The molecule has 0 aromatic rings. The third kappa shape index (κ3) is 8.53. The molecular weight excluding hydrogens is 167 g/mol. The summed E-state index contributed by atoms with van der Waals surface area (Å²) in [6, 6.07) is 0.979. The summed E-state index contributed by atoms with van der Waals surface area (Å²) >= 11 is 0. The van der Waals surface area contributed by atoms with Gasteiger partial charge in [-0.3, -0.25) is 0 Å². The van der Waals surface area contributed by atoms with Gasteiger partial charge in [0.1, 0.15) is 0 Å². The zero-order valence-corrected chi connectivity index (χ0v) is 8.56. The average molecular weight is 182 g/mol. The van der Waals surface area contributed by atoms with Crippen LogP contribution in [0.4, 0.5) is 0 Å². The second-order valence-electron chi connectivity index (χ2n) is 3.40. The molecule has 0 rings (SSSR count). The summed E-state index contributed by atoms with van der Waals surface area (Å²) in [5, 5.41) is 0. The fourth-order valence-corrected chi connectivity index (χ4v) is 1.57. The minimum Gasteiger partial charge on any atom is -0.328 e. The fourth-order valence-electron chi connectivity index (χ4n) is 0.433. The monoisotopic (exact) mass is 182 g/mol. The highest BCUT2D eigenvalue weighted by Crippen LogP contribution is 2.25. The fraction of sp³-hybridized carbons (Fsp3) is 1.00. The Balaban J connectivity index is 3.21. The molecule has 0 saturated heterocycles. The summed E-state index contributed by atoms with van der Waals surface area (Å²) in [7, 11) is -3.19. The van der Waals surface area contributed by atoms with Gasteiger partial charge >= 0.3 is 8.60 Å². The maximum absolute atomic E-state index is 8.36. The lowest BCUT2D eigenvalue weighted by atomic mass is 10.9. The van der Waals surface area contributed by atoms with E-state index >= 15 is 0 Å². The molecule has 2 N–H and O–H groups in total. The van der Waals surface area contributed by atoms with Crippen LogP contribution >= 0.6 is 8.60 Å². The molecule has 0 aliphatic rings. The van der Waals surface area contributed by atoms with Gasteiger partial charge in [0, 0.05) is 8.07 Å². The minimum atomic E-state index is -2.13.